The highest BCUT2D eigenvalue weighted by molar-refractivity contribution is 6.03. The Bertz CT molecular complexity index is 804. The number of rotatable bonds is 3. The standard InChI is InChI=1S/C18H16N2O2/c1-12-6-8-14(9-7-12)17-11-16(20-22-17)18(21)19-15-5-3-4-13(2)10-15/h3-11H,1-2H3,(H,19,21). The Hall–Kier alpha value is -2.88. The van der Waals surface area contributed by atoms with Gasteiger partial charge in [0.05, 0.1) is 0 Å². The minimum Gasteiger partial charge on any atom is -0.355 e. The van der Waals surface area contributed by atoms with Crippen LogP contribution in [0, 0.1) is 13.8 Å². The number of hydrogen-bond acceptors (Lipinski definition) is 3. The molecule has 0 radical (unpaired) electrons. The normalized spacial score (nSPS) is 10.5. The van der Waals surface area contributed by atoms with E-state index in [0.717, 1.165) is 16.8 Å². The molecule has 0 saturated heterocycles. The lowest BCUT2D eigenvalue weighted by Gasteiger charge is -2.03. The first-order valence-corrected chi connectivity index (χ1v) is 7.03. The van der Waals surface area contributed by atoms with Gasteiger partial charge in [-0.3, -0.25) is 4.79 Å². The van der Waals surface area contributed by atoms with Crippen LogP contribution in [0.25, 0.3) is 11.3 Å². The first-order valence-electron chi connectivity index (χ1n) is 7.03. The van der Waals surface area contributed by atoms with E-state index in [4.69, 9.17) is 4.52 Å². The van der Waals surface area contributed by atoms with Gasteiger partial charge in [0.25, 0.3) is 5.91 Å². The summed E-state index contributed by atoms with van der Waals surface area (Å²) in [4.78, 5) is 12.2. The third-order valence-electron chi connectivity index (χ3n) is 3.35. The summed E-state index contributed by atoms with van der Waals surface area (Å²) in [6.07, 6.45) is 0. The first kappa shape index (κ1) is 14.1. The lowest BCUT2D eigenvalue weighted by molar-refractivity contribution is 0.101. The lowest BCUT2D eigenvalue weighted by atomic mass is 10.1. The highest BCUT2D eigenvalue weighted by Gasteiger charge is 2.13. The van der Waals surface area contributed by atoms with Gasteiger partial charge in [-0.2, -0.15) is 0 Å². The Balaban J connectivity index is 1.78. The van der Waals surface area contributed by atoms with Gasteiger partial charge in [0.1, 0.15) is 0 Å². The third-order valence-corrected chi connectivity index (χ3v) is 3.35. The van der Waals surface area contributed by atoms with Crippen LogP contribution >= 0.6 is 0 Å². The van der Waals surface area contributed by atoms with Gasteiger partial charge in [-0.25, -0.2) is 0 Å². The van der Waals surface area contributed by atoms with Crippen LogP contribution in [0.5, 0.6) is 0 Å². The van der Waals surface area contributed by atoms with Crippen LogP contribution in [0.15, 0.2) is 59.1 Å². The van der Waals surface area contributed by atoms with E-state index in [1.54, 1.807) is 6.07 Å². The molecule has 0 unspecified atom stereocenters. The highest BCUT2D eigenvalue weighted by atomic mass is 16.5. The molecule has 22 heavy (non-hydrogen) atoms. The van der Waals surface area contributed by atoms with Gasteiger partial charge in [0.2, 0.25) is 0 Å². The van der Waals surface area contributed by atoms with Crippen molar-refractivity contribution in [3.63, 3.8) is 0 Å². The number of aromatic nitrogens is 1. The van der Waals surface area contributed by atoms with Crippen LogP contribution in [0.4, 0.5) is 5.69 Å². The molecule has 1 heterocycles. The van der Waals surface area contributed by atoms with E-state index in [0.29, 0.717) is 5.76 Å². The molecule has 0 fully saturated rings. The molecule has 4 heteroatoms. The molecule has 0 atom stereocenters. The molecule has 1 aromatic heterocycles. The molecule has 0 aliphatic rings. The molecule has 3 rings (SSSR count). The largest absolute Gasteiger partial charge is 0.355 e. The SMILES string of the molecule is Cc1ccc(-c2cc(C(=O)Nc3cccc(C)c3)no2)cc1. The van der Waals surface area contributed by atoms with E-state index in [1.807, 2.05) is 62.4 Å². The molecule has 0 aliphatic heterocycles. The second kappa shape index (κ2) is 5.85. The zero-order valence-corrected chi connectivity index (χ0v) is 12.5. The molecule has 110 valence electrons. The quantitative estimate of drug-likeness (QED) is 0.786. The summed E-state index contributed by atoms with van der Waals surface area (Å²) in [5.74, 6) is 0.294. The molecule has 1 amide bonds. The van der Waals surface area contributed by atoms with Crippen molar-refractivity contribution in [3.8, 4) is 11.3 Å². The maximum Gasteiger partial charge on any atom is 0.277 e. The average molecular weight is 292 g/mol. The molecule has 0 spiro atoms. The van der Waals surface area contributed by atoms with Gasteiger partial charge >= 0.3 is 0 Å². The van der Waals surface area contributed by atoms with Gasteiger partial charge < -0.3 is 9.84 Å². The summed E-state index contributed by atoms with van der Waals surface area (Å²) < 4.78 is 5.26. The molecule has 1 N–H and O–H groups in total. The molecule has 0 aliphatic carbocycles. The molecule has 4 nitrogen and oxygen atoms in total. The summed E-state index contributed by atoms with van der Waals surface area (Å²) >= 11 is 0. The van der Waals surface area contributed by atoms with Crippen LogP contribution in [0.3, 0.4) is 0 Å². The van der Waals surface area contributed by atoms with Crippen molar-refractivity contribution < 1.29 is 9.32 Å². The number of carbonyl (C=O) groups is 1. The van der Waals surface area contributed by atoms with Crippen molar-refractivity contribution in [2.45, 2.75) is 13.8 Å². The zero-order valence-electron chi connectivity index (χ0n) is 12.5. The van der Waals surface area contributed by atoms with Gasteiger partial charge in [-0.05, 0) is 31.5 Å². The summed E-state index contributed by atoms with van der Waals surface area (Å²) in [5, 5.41) is 6.66. The van der Waals surface area contributed by atoms with Gasteiger partial charge in [-0.1, -0.05) is 47.1 Å². The Kier molecular flexibility index (Phi) is 3.74. The minimum absolute atomic E-state index is 0.261. The number of nitrogens with one attached hydrogen (secondary N) is 1. The van der Waals surface area contributed by atoms with E-state index in [9.17, 15) is 4.79 Å². The smallest absolute Gasteiger partial charge is 0.277 e. The number of amides is 1. The van der Waals surface area contributed by atoms with Crippen molar-refractivity contribution in [3.05, 3.63) is 71.4 Å². The average Bonchev–Trinajstić information content (AvgIpc) is 2.98. The zero-order chi connectivity index (χ0) is 15.5. The molecular weight excluding hydrogens is 276 g/mol. The molecule has 0 saturated carbocycles. The van der Waals surface area contributed by atoms with E-state index in [2.05, 4.69) is 10.5 Å². The predicted octanol–water partition coefficient (Wildman–Crippen LogP) is 4.21. The van der Waals surface area contributed by atoms with Gasteiger partial charge in [0.15, 0.2) is 11.5 Å². The van der Waals surface area contributed by atoms with Crippen LogP contribution in [-0.4, -0.2) is 11.1 Å². The summed E-state index contributed by atoms with van der Waals surface area (Å²) in [7, 11) is 0. The minimum atomic E-state index is -0.285. The molecule has 0 bridgehead atoms. The molecule has 3 aromatic rings. The number of benzene rings is 2. The van der Waals surface area contributed by atoms with Crippen LogP contribution in [0.2, 0.25) is 0 Å². The van der Waals surface area contributed by atoms with Crippen molar-refractivity contribution in [1.82, 2.24) is 5.16 Å². The summed E-state index contributed by atoms with van der Waals surface area (Å²) in [6, 6.07) is 17.1. The Labute approximate surface area is 128 Å². The fourth-order valence-electron chi connectivity index (χ4n) is 2.15. The fourth-order valence-corrected chi connectivity index (χ4v) is 2.15. The summed E-state index contributed by atoms with van der Waals surface area (Å²) in [6.45, 7) is 3.99. The van der Waals surface area contributed by atoms with Gasteiger partial charge in [-0.15, -0.1) is 0 Å². The molecule has 2 aromatic carbocycles. The number of carbonyl (C=O) groups excluding carboxylic acids is 1. The van der Waals surface area contributed by atoms with Crippen molar-refractivity contribution in [2.75, 3.05) is 5.32 Å². The van der Waals surface area contributed by atoms with Crippen LogP contribution < -0.4 is 5.32 Å². The predicted molar refractivity (Wildman–Crippen MR) is 85.8 cm³/mol. The Morgan fingerprint density at radius 1 is 1.00 bits per heavy atom. The maximum absolute atomic E-state index is 12.2. The number of aryl methyl sites for hydroxylation is 2. The van der Waals surface area contributed by atoms with Crippen molar-refractivity contribution >= 4 is 11.6 Å². The maximum atomic E-state index is 12.2. The fraction of sp³-hybridized carbons (Fsp3) is 0.111. The van der Waals surface area contributed by atoms with Gasteiger partial charge in [0, 0.05) is 17.3 Å². The van der Waals surface area contributed by atoms with Crippen LogP contribution in [-0.2, 0) is 0 Å². The second-order valence-corrected chi connectivity index (χ2v) is 5.27. The highest BCUT2D eigenvalue weighted by Crippen LogP contribution is 2.21. The van der Waals surface area contributed by atoms with Crippen molar-refractivity contribution in [2.24, 2.45) is 0 Å². The monoisotopic (exact) mass is 292 g/mol. The van der Waals surface area contributed by atoms with E-state index in [-0.39, 0.29) is 11.6 Å². The Morgan fingerprint density at radius 2 is 1.77 bits per heavy atom. The number of anilines is 1. The van der Waals surface area contributed by atoms with E-state index < -0.39 is 0 Å². The van der Waals surface area contributed by atoms with E-state index >= 15 is 0 Å². The summed E-state index contributed by atoms with van der Waals surface area (Å²) in [5.41, 5.74) is 4.15. The molecular formula is C18H16N2O2. The Morgan fingerprint density at radius 3 is 2.50 bits per heavy atom. The first-order chi connectivity index (χ1) is 10.6. The topological polar surface area (TPSA) is 55.1 Å². The van der Waals surface area contributed by atoms with Crippen molar-refractivity contribution in [1.29, 1.82) is 0 Å². The van der Waals surface area contributed by atoms with Crippen LogP contribution in [0.1, 0.15) is 21.6 Å². The number of nitrogens with zero attached hydrogens (tertiary/aromatic N) is 1. The number of hydrogen-bond donors (Lipinski definition) is 1. The third kappa shape index (κ3) is 3.06. The van der Waals surface area contributed by atoms with E-state index in [1.165, 1.54) is 5.56 Å². The lowest BCUT2D eigenvalue weighted by Crippen LogP contribution is -2.12. The second-order valence-electron chi connectivity index (χ2n) is 5.27.